The van der Waals surface area contributed by atoms with Crippen molar-refractivity contribution in [1.82, 2.24) is 4.98 Å². The van der Waals surface area contributed by atoms with Gasteiger partial charge in [-0.1, -0.05) is 0 Å². The molecule has 0 amide bonds. The van der Waals surface area contributed by atoms with Gasteiger partial charge in [0.05, 0.1) is 0 Å². The van der Waals surface area contributed by atoms with E-state index in [-0.39, 0.29) is 24.1 Å². The van der Waals surface area contributed by atoms with E-state index in [0.29, 0.717) is 35.9 Å². The monoisotopic (exact) mass is 531 g/mol. The Balaban J connectivity index is 1.49. The van der Waals surface area contributed by atoms with Gasteiger partial charge in [-0.05, 0) is 0 Å². The average molecular weight is 532 g/mol. The van der Waals surface area contributed by atoms with Crippen molar-refractivity contribution in [3.05, 3.63) is 86.7 Å². The Morgan fingerprint density at radius 1 is 1.14 bits per heavy atom. The molecule has 2 heterocycles. The van der Waals surface area contributed by atoms with Gasteiger partial charge in [0.2, 0.25) is 0 Å². The van der Waals surface area contributed by atoms with Crippen molar-refractivity contribution in [1.29, 1.82) is 0 Å². The third-order valence-electron chi connectivity index (χ3n) is 6.74. The van der Waals surface area contributed by atoms with Crippen LogP contribution in [0.15, 0.2) is 42.5 Å². The van der Waals surface area contributed by atoms with Crippen LogP contribution in [0.4, 0.5) is 0 Å². The first-order chi connectivity index (χ1) is 17.1. The van der Waals surface area contributed by atoms with Crippen molar-refractivity contribution >= 4 is 19.5 Å². The van der Waals surface area contributed by atoms with E-state index < -0.39 is 7.94 Å². The van der Waals surface area contributed by atoms with Gasteiger partial charge in [0.15, 0.2) is 0 Å². The molecule has 1 fully saturated rings. The molecule has 1 saturated heterocycles. The van der Waals surface area contributed by atoms with Crippen LogP contribution in [0.3, 0.4) is 0 Å². The summed E-state index contributed by atoms with van der Waals surface area (Å²) in [6.07, 6.45) is 0.995. The normalized spacial score (nSPS) is 18.3. The summed E-state index contributed by atoms with van der Waals surface area (Å²) in [6.45, 7) is 10.6. The second kappa shape index (κ2) is 11.0. The summed E-state index contributed by atoms with van der Waals surface area (Å²) in [5.74, 6) is 1.07. The van der Waals surface area contributed by atoms with E-state index in [2.05, 4.69) is 6.92 Å². The van der Waals surface area contributed by atoms with Crippen molar-refractivity contribution in [3.63, 3.8) is 0 Å². The third kappa shape index (κ3) is 6.01. The van der Waals surface area contributed by atoms with Gasteiger partial charge in [0.1, 0.15) is 0 Å². The van der Waals surface area contributed by atoms with Crippen LogP contribution in [0, 0.1) is 20.8 Å². The van der Waals surface area contributed by atoms with Gasteiger partial charge >= 0.3 is 219 Å². The van der Waals surface area contributed by atoms with Crippen molar-refractivity contribution in [2.75, 3.05) is 13.0 Å². The van der Waals surface area contributed by atoms with Crippen LogP contribution >= 0.6 is 19.5 Å². The molecule has 1 aliphatic rings. The maximum absolute atomic E-state index is 11.1. The summed E-state index contributed by atoms with van der Waals surface area (Å²) >= 11 is 6.14. The molecular weight excluding hydrogens is 497 g/mol. The fourth-order valence-corrected chi connectivity index (χ4v) is 6.45. The fourth-order valence-electron chi connectivity index (χ4n) is 4.56. The molecule has 1 aliphatic heterocycles. The van der Waals surface area contributed by atoms with E-state index in [0.717, 1.165) is 27.9 Å². The molecule has 3 aromatic rings. The SMILES string of the molecule is Cc1cc(OC[PH]2(O)OCCC(c3cccc(Cl)c3)O2)c(C)c(C)c1Cc1ccc(O)c(C(C)C)n1. The van der Waals surface area contributed by atoms with Crippen molar-refractivity contribution in [2.24, 2.45) is 0 Å². The van der Waals surface area contributed by atoms with Crippen molar-refractivity contribution < 1.29 is 23.8 Å². The van der Waals surface area contributed by atoms with Crippen LogP contribution in [-0.2, 0) is 15.5 Å². The number of hydrogen-bond donors (Lipinski definition) is 2. The van der Waals surface area contributed by atoms with Crippen LogP contribution in [0.2, 0.25) is 5.02 Å². The summed E-state index contributed by atoms with van der Waals surface area (Å²) in [6, 6.07) is 13.1. The zero-order valence-corrected chi connectivity index (χ0v) is 23.2. The zero-order valence-electron chi connectivity index (χ0n) is 21.5. The number of hydrogen-bond acceptors (Lipinski definition) is 6. The molecule has 2 N–H and O–H groups in total. The van der Waals surface area contributed by atoms with E-state index in [4.69, 9.17) is 30.4 Å². The van der Waals surface area contributed by atoms with Gasteiger partial charge in [-0.3, -0.25) is 0 Å². The molecule has 1 aromatic heterocycles. The van der Waals surface area contributed by atoms with E-state index in [9.17, 15) is 10.00 Å². The first kappa shape index (κ1) is 26.8. The number of nitrogens with zero attached hydrogens (tertiary/aromatic N) is 1. The minimum atomic E-state index is -3.54. The summed E-state index contributed by atoms with van der Waals surface area (Å²) < 4.78 is 17.8. The predicted molar refractivity (Wildman–Crippen MR) is 145 cm³/mol. The summed E-state index contributed by atoms with van der Waals surface area (Å²) in [5.41, 5.74) is 6.90. The molecule has 1 unspecified atom stereocenters. The van der Waals surface area contributed by atoms with Crippen molar-refractivity contribution in [2.45, 2.75) is 59.5 Å². The predicted octanol–water partition coefficient (Wildman–Crippen LogP) is 7.08. The summed E-state index contributed by atoms with van der Waals surface area (Å²) in [4.78, 5) is 15.8. The Labute approximate surface area is 218 Å². The van der Waals surface area contributed by atoms with Crippen LogP contribution in [0.1, 0.15) is 71.5 Å². The van der Waals surface area contributed by atoms with Crippen LogP contribution in [0.5, 0.6) is 11.5 Å². The topological polar surface area (TPSA) is 81.0 Å². The number of aromatic nitrogens is 1. The molecule has 0 radical (unpaired) electrons. The molecule has 0 aliphatic carbocycles. The molecule has 1 atom stereocenters. The molecule has 36 heavy (non-hydrogen) atoms. The summed E-state index contributed by atoms with van der Waals surface area (Å²) in [7, 11) is -3.54. The quantitative estimate of drug-likeness (QED) is 0.317. The molecule has 4 rings (SSSR count). The van der Waals surface area contributed by atoms with Gasteiger partial charge in [0, 0.05) is 0 Å². The number of ether oxygens (including phenoxy) is 1. The van der Waals surface area contributed by atoms with Gasteiger partial charge in [-0.15, -0.1) is 0 Å². The van der Waals surface area contributed by atoms with Crippen LogP contribution < -0.4 is 4.74 Å². The molecule has 0 bridgehead atoms. The first-order valence-electron chi connectivity index (χ1n) is 12.3. The minimum absolute atomic E-state index is 0.0274. The van der Waals surface area contributed by atoms with E-state index in [1.807, 2.05) is 64.1 Å². The van der Waals surface area contributed by atoms with Crippen molar-refractivity contribution in [3.8, 4) is 11.5 Å². The molecule has 194 valence electrons. The Morgan fingerprint density at radius 3 is 2.64 bits per heavy atom. The molecular formula is C28H35ClNO5P. The number of aryl methyl sites for hydroxylation is 1. The average Bonchev–Trinajstić information content (AvgIpc) is 2.84. The van der Waals surface area contributed by atoms with E-state index >= 15 is 0 Å². The Hall–Kier alpha value is -2.21. The van der Waals surface area contributed by atoms with Gasteiger partial charge < -0.3 is 0 Å². The number of pyridine rings is 1. The van der Waals surface area contributed by atoms with Gasteiger partial charge in [-0.2, -0.15) is 0 Å². The second-order valence-electron chi connectivity index (χ2n) is 9.76. The van der Waals surface area contributed by atoms with Gasteiger partial charge in [-0.25, -0.2) is 0 Å². The Bertz CT molecular complexity index is 1250. The number of halogens is 1. The van der Waals surface area contributed by atoms with E-state index in [1.165, 1.54) is 5.56 Å². The van der Waals surface area contributed by atoms with E-state index in [1.54, 1.807) is 6.07 Å². The number of rotatable bonds is 7. The molecule has 2 aromatic carbocycles. The first-order valence-corrected chi connectivity index (χ1v) is 14.6. The third-order valence-corrected chi connectivity index (χ3v) is 8.79. The standard InChI is InChI=1S/C28H35ClNO5P/c1-17(2)28-25(31)10-9-23(30-28)15-24-18(3)13-27(20(5)19(24)4)33-16-36(32)34-12-11-26(35-36)21-7-6-8-22(29)14-21/h6-10,13-14,17,26,31-32,36H,11-12,15-16H2,1-5H3. The van der Waals surface area contributed by atoms with Crippen LogP contribution in [-0.4, -0.2) is 27.9 Å². The second-order valence-corrected chi connectivity index (χ2v) is 12.4. The number of benzene rings is 2. The molecule has 6 nitrogen and oxygen atoms in total. The molecule has 0 saturated carbocycles. The molecule has 8 heteroatoms. The fraction of sp³-hybridized carbons (Fsp3) is 0.393. The zero-order chi connectivity index (χ0) is 26.0. The Kier molecular flexibility index (Phi) is 8.23. The Morgan fingerprint density at radius 2 is 1.92 bits per heavy atom. The van der Waals surface area contributed by atoms with Gasteiger partial charge in [0.25, 0.3) is 0 Å². The molecule has 0 spiro atoms. The summed E-state index contributed by atoms with van der Waals surface area (Å²) in [5, 5.41) is 10.8. The van der Waals surface area contributed by atoms with Crippen LogP contribution in [0.25, 0.3) is 0 Å². The number of aromatic hydroxyl groups is 1. The maximum atomic E-state index is 11.1.